The Kier molecular flexibility index (Phi) is 2.88. The lowest BCUT2D eigenvalue weighted by Gasteiger charge is -2.02. The largest absolute Gasteiger partial charge is 0.268 e. The second kappa shape index (κ2) is 3.92. The Labute approximate surface area is 80.9 Å². The second-order valence-electron chi connectivity index (χ2n) is 2.53. The second-order valence-corrected chi connectivity index (χ2v) is 2.96. The van der Waals surface area contributed by atoms with Gasteiger partial charge in [0.25, 0.3) is 5.91 Å². The lowest BCUT2D eigenvalue weighted by molar-refractivity contribution is 0.0972. The monoisotopic (exact) mass is 194 g/mol. The summed E-state index contributed by atoms with van der Waals surface area (Å²) in [4.78, 5) is 11.2. The highest BCUT2D eigenvalue weighted by Gasteiger charge is 2.07. The van der Waals surface area contributed by atoms with Crippen LogP contribution in [0.15, 0.2) is 18.2 Å². The van der Waals surface area contributed by atoms with Crippen molar-refractivity contribution in [3.63, 3.8) is 0 Å². The van der Waals surface area contributed by atoms with Crippen LogP contribution in [0.5, 0.6) is 0 Å². The average Bonchev–Trinajstić information content (AvgIpc) is 2.09. The third-order valence-electron chi connectivity index (χ3n) is 1.61. The third kappa shape index (κ3) is 2.20. The highest BCUT2D eigenvalue weighted by Crippen LogP contribution is 2.14. The van der Waals surface area contributed by atoms with Gasteiger partial charge in [-0.1, -0.05) is 17.7 Å². The van der Waals surface area contributed by atoms with Crippen molar-refractivity contribution in [1.29, 1.82) is 5.26 Å². The number of rotatable bonds is 1. The van der Waals surface area contributed by atoms with E-state index < -0.39 is 5.91 Å². The lowest BCUT2D eigenvalue weighted by Crippen LogP contribution is -2.18. The molecule has 0 saturated carbocycles. The van der Waals surface area contributed by atoms with Gasteiger partial charge in [-0.25, -0.2) is 0 Å². The number of nitrogens with zero attached hydrogens (tertiary/aromatic N) is 1. The molecule has 3 nitrogen and oxygen atoms in total. The predicted octanol–water partition coefficient (Wildman–Crippen LogP) is 1.86. The van der Waals surface area contributed by atoms with Gasteiger partial charge >= 0.3 is 0 Å². The average molecular weight is 195 g/mol. The van der Waals surface area contributed by atoms with Gasteiger partial charge in [0.1, 0.15) is 0 Å². The van der Waals surface area contributed by atoms with Crippen LogP contribution in [-0.4, -0.2) is 5.91 Å². The fraction of sp³-hybridized carbons (Fsp3) is 0.111. The Morgan fingerprint density at radius 2 is 2.31 bits per heavy atom. The molecule has 66 valence electrons. The molecular formula is C9H7ClN2O. The summed E-state index contributed by atoms with van der Waals surface area (Å²) >= 11 is 5.70. The molecule has 4 heteroatoms. The molecule has 0 heterocycles. The summed E-state index contributed by atoms with van der Waals surface area (Å²) in [5.41, 5.74) is 1.21. The summed E-state index contributed by atoms with van der Waals surface area (Å²) in [6, 6.07) is 4.96. The molecule has 1 rings (SSSR count). The number of carbonyl (C=O) groups excluding carboxylic acids is 1. The predicted molar refractivity (Wildman–Crippen MR) is 49.3 cm³/mol. The van der Waals surface area contributed by atoms with Crippen LogP contribution in [0.25, 0.3) is 0 Å². The number of nitriles is 1. The normalized spacial score (nSPS) is 9.00. The maximum Gasteiger partial charge on any atom is 0.264 e. The smallest absolute Gasteiger partial charge is 0.264 e. The minimum atomic E-state index is -0.428. The highest BCUT2D eigenvalue weighted by atomic mass is 35.5. The quantitative estimate of drug-likeness (QED) is 0.548. The summed E-state index contributed by atoms with van der Waals surface area (Å²) in [6.07, 6.45) is 1.57. The molecule has 0 spiro atoms. The number of carbonyl (C=O) groups is 1. The molecule has 1 aromatic rings. The van der Waals surface area contributed by atoms with E-state index in [4.69, 9.17) is 16.9 Å². The Bertz CT molecular complexity index is 382. The van der Waals surface area contributed by atoms with E-state index in [2.05, 4.69) is 0 Å². The van der Waals surface area contributed by atoms with Crippen LogP contribution in [0.4, 0.5) is 0 Å². The molecule has 0 unspecified atom stereocenters. The summed E-state index contributed by atoms with van der Waals surface area (Å²) in [5.74, 6) is -0.428. The maximum atomic E-state index is 11.2. The molecule has 0 aromatic heterocycles. The van der Waals surface area contributed by atoms with Gasteiger partial charge in [-0.2, -0.15) is 5.26 Å². The van der Waals surface area contributed by atoms with Crippen molar-refractivity contribution >= 4 is 17.5 Å². The van der Waals surface area contributed by atoms with E-state index in [1.165, 1.54) is 6.07 Å². The van der Waals surface area contributed by atoms with Gasteiger partial charge in [0.2, 0.25) is 0 Å². The van der Waals surface area contributed by atoms with Crippen molar-refractivity contribution in [1.82, 2.24) is 5.32 Å². The third-order valence-corrected chi connectivity index (χ3v) is 1.85. The number of aryl methyl sites for hydroxylation is 1. The number of hydrogen-bond donors (Lipinski definition) is 1. The topological polar surface area (TPSA) is 52.9 Å². The highest BCUT2D eigenvalue weighted by molar-refractivity contribution is 6.31. The minimum Gasteiger partial charge on any atom is -0.268 e. The van der Waals surface area contributed by atoms with Crippen molar-refractivity contribution in [2.24, 2.45) is 0 Å². The summed E-state index contributed by atoms with van der Waals surface area (Å²) in [5, 5.41) is 10.8. The molecular weight excluding hydrogens is 188 g/mol. The van der Waals surface area contributed by atoms with Crippen LogP contribution in [0.3, 0.4) is 0 Å². The number of nitrogens with one attached hydrogen (secondary N) is 1. The molecule has 0 saturated heterocycles. The van der Waals surface area contributed by atoms with Crippen LogP contribution in [0.1, 0.15) is 15.9 Å². The number of hydrogen-bond acceptors (Lipinski definition) is 2. The van der Waals surface area contributed by atoms with Crippen LogP contribution >= 0.6 is 11.6 Å². The van der Waals surface area contributed by atoms with Gasteiger partial charge in [-0.05, 0) is 24.6 Å². The van der Waals surface area contributed by atoms with Gasteiger partial charge in [0.15, 0.2) is 6.19 Å². The first-order valence-corrected chi connectivity index (χ1v) is 3.98. The Morgan fingerprint density at radius 3 is 2.92 bits per heavy atom. The molecule has 0 bridgehead atoms. The van der Waals surface area contributed by atoms with Crippen molar-refractivity contribution in [3.05, 3.63) is 34.3 Å². The van der Waals surface area contributed by atoms with Crippen molar-refractivity contribution in [3.8, 4) is 6.19 Å². The van der Waals surface area contributed by atoms with Crippen LogP contribution in [-0.2, 0) is 0 Å². The first-order valence-electron chi connectivity index (χ1n) is 3.60. The standard InChI is InChI=1S/C9H7ClN2O/c1-6-2-3-7(10)4-8(6)9(13)12-5-11/h2-4H,1H3,(H,12,13). The Hall–Kier alpha value is -1.53. The van der Waals surface area contributed by atoms with E-state index in [0.717, 1.165) is 5.56 Å². The molecule has 0 fully saturated rings. The van der Waals surface area contributed by atoms with E-state index in [0.29, 0.717) is 10.6 Å². The van der Waals surface area contributed by atoms with Crippen LogP contribution in [0.2, 0.25) is 5.02 Å². The van der Waals surface area contributed by atoms with Crippen molar-refractivity contribution in [2.75, 3.05) is 0 Å². The maximum absolute atomic E-state index is 11.2. The van der Waals surface area contributed by atoms with Gasteiger partial charge in [0, 0.05) is 10.6 Å². The molecule has 0 aliphatic heterocycles. The molecule has 0 radical (unpaired) electrons. The zero-order chi connectivity index (χ0) is 9.84. The van der Waals surface area contributed by atoms with E-state index >= 15 is 0 Å². The van der Waals surface area contributed by atoms with Gasteiger partial charge < -0.3 is 0 Å². The molecule has 1 amide bonds. The van der Waals surface area contributed by atoms with E-state index in [9.17, 15) is 4.79 Å². The van der Waals surface area contributed by atoms with E-state index in [-0.39, 0.29) is 0 Å². The zero-order valence-electron chi connectivity index (χ0n) is 6.97. The van der Waals surface area contributed by atoms with E-state index in [1.807, 2.05) is 5.32 Å². The fourth-order valence-electron chi connectivity index (χ4n) is 0.957. The lowest BCUT2D eigenvalue weighted by atomic mass is 10.1. The van der Waals surface area contributed by atoms with Gasteiger partial charge in [-0.3, -0.25) is 10.1 Å². The first kappa shape index (κ1) is 9.56. The van der Waals surface area contributed by atoms with Gasteiger partial charge in [0.05, 0.1) is 0 Å². The molecule has 0 aliphatic carbocycles. The summed E-state index contributed by atoms with van der Waals surface area (Å²) in [7, 11) is 0. The Balaban J connectivity index is 3.07. The zero-order valence-corrected chi connectivity index (χ0v) is 7.72. The van der Waals surface area contributed by atoms with Crippen molar-refractivity contribution < 1.29 is 4.79 Å². The van der Waals surface area contributed by atoms with Crippen LogP contribution in [0, 0.1) is 18.4 Å². The van der Waals surface area contributed by atoms with Crippen LogP contribution < -0.4 is 5.32 Å². The number of amides is 1. The molecule has 0 atom stereocenters. The molecule has 1 N–H and O–H groups in total. The number of benzene rings is 1. The van der Waals surface area contributed by atoms with Gasteiger partial charge in [-0.15, -0.1) is 0 Å². The molecule has 1 aromatic carbocycles. The SMILES string of the molecule is Cc1ccc(Cl)cc1C(=O)NC#N. The minimum absolute atomic E-state index is 0.425. The Morgan fingerprint density at radius 1 is 1.62 bits per heavy atom. The van der Waals surface area contributed by atoms with Crippen molar-refractivity contribution in [2.45, 2.75) is 6.92 Å². The summed E-state index contributed by atoms with van der Waals surface area (Å²) < 4.78 is 0. The van der Waals surface area contributed by atoms with E-state index in [1.54, 1.807) is 25.2 Å². The molecule has 13 heavy (non-hydrogen) atoms. The fourth-order valence-corrected chi connectivity index (χ4v) is 1.13. The molecule has 0 aliphatic rings. The number of halogens is 1. The first-order chi connectivity index (χ1) is 6.15. The summed E-state index contributed by atoms with van der Waals surface area (Å²) in [6.45, 7) is 1.78.